The van der Waals surface area contributed by atoms with Crippen molar-refractivity contribution < 1.29 is 17.9 Å². The summed E-state index contributed by atoms with van der Waals surface area (Å²) in [7, 11) is -3.73. The highest BCUT2D eigenvalue weighted by atomic mass is 32.2. The number of carbonyl (C=O) groups is 1. The van der Waals surface area contributed by atoms with Gasteiger partial charge in [0.2, 0.25) is 5.91 Å². The number of hydrogen-bond acceptors (Lipinski definition) is 4. The molecule has 7 heteroatoms. The number of amides is 1. The first kappa shape index (κ1) is 20.7. The largest absolute Gasteiger partial charge is 0.490 e. The van der Waals surface area contributed by atoms with E-state index in [1.165, 1.54) is 6.08 Å². The first-order valence-corrected chi connectivity index (χ1v) is 10.7. The van der Waals surface area contributed by atoms with Crippen LogP contribution in [-0.2, 0) is 14.8 Å². The Kier molecular flexibility index (Phi) is 5.79. The molecule has 6 nitrogen and oxygen atoms in total. The Hall–Kier alpha value is -3.06. The molecular weight excluding hydrogens is 388 g/mol. The van der Waals surface area contributed by atoms with Crippen LogP contribution in [0.3, 0.4) is 0 Å². The van der Waals surface area contributed by atoms with E-state index in [-0.39, 0.29) is 12.5 Å². The van der Waals surface area contributed by atoms with Crippen LogP contribution in [0.5, 0.6) is 5.75 Å². The predicted octanol–water partition coefficient (Wildman–Crippen LogP) is 4.04. The minimum Gasteiger partial charge on any atom is -0.490 e. The van der Waals surface area contributed by atoms with E-state index in [1.54, 1.807) is 29.2 Å². The molecule has 2 aromatic rings. The summed E-state index contributed by atoms with van der Waals surface area (Å²) in [5.41, 5.74) is 0.915. The van der Waals surface area contributed by atoms with Crippen molar-refractivity contribution in [1.29, 1.82) is 0 Å². The Morgan fingerprint density at radius 2 is 1.93 bits per heavy atom. The molecule has 152 valence electrons. The lowest BCUT2D eigenvalue weighted by atomic mass is 9.93. The second-order valence-electron chi connectivity index (χ2n) is 7.42. The second kappa shape index (κ2) is 8.13. The average Bonchev–Trinajstić information content (AvgIpc) is 2.78. The Labute approximate surface area is 171 Å². The zero-order chi connectivity index (χ0) is 21.1. The van der Waals surface area contributed by atoms with Crippen molar-refractivity contribution in [2.45, 2.75) is 13.8 Å². The zero-order valence-electron chi connectivity index (χ0n) is 16.5. The van der Waals surface area contributed by atoms with Crippen LogP contribution in [0.4, 0.5) is 11.4 Å². The molecule has 0 spiro atoms. The Bertz CT molecular complexity index is 1040. The standard InChI is InChI=1S/C22H24N2O4S/c1-4-13-24-19-15-18(10-11-20(19)28-16-22(2,3)21(24)25)23-29(26,27)14-12-17-8-6-5-7-9-17/h4-12,14-15,23H,1,13,16H2,2-3H3/b14-12+. The molecule has 2 aromatic carbocycles. The van der Waals surface area contributed by atoms with Crippen LogP contribution in [0.15, 0.2) is 66.6 Å². The number of rotatable bonds is 6. The van der Waals surface area contributed by atoms with Crippen molar-refractivity contribution in [3.63, 3.8) is 0 Å². The molecule has 0 radical (unpaired) electrons. The van der Waals surface area contributed by atoms with Crippen LogP contribution in [-0.4, -0.2) is 27.5 Å². The third-order valence-electron chi connectivity index (χ3n) is 4.47. The SMILES string of the molecule is C=CCN1C(=O)C(C)(C)COc2ccc(NS(=O)(=O)/C=C/c3ccccc3)cc21. The molecule has 1 aliphatic heterocycles. The van der Waals surface area contributed by atoms with Gasteiger partial charge in [-0.2, -0.15) is 0 Å². The van der Waals surface area contributed by atoms with Gasteiger partial charge < -0.3 is 9.64 Å². The molecule has 0 fully saturated rings. The summed E-state index contributed by atoms with van der Waals surface area (Å²) in [4.78, 5) is 14.5. The number of anilines is 2. The number of nitrogens with zero attached hydrogens (tertiary/aromatic N) is 1. The second-order valence-corrected chi connectivity index (χ2v) is 8.99. The number of ether oxygens (including phenoxy) is 1. The van der Waals surface area contributed by atoms with Gasteiger partial charge in [-0.15, -0.1) is 6.58 Å². The van der Waals surface area contributed by atoms with Crippen molar-refractivity contribution in [1.82, 2.24) is 0 Å². The maximum atomic E-state index is 12.9. The number of sulfonamides is 1. The van der Waals surface area contributed by atoms with E-state index in [9.17, 15) is 13.2 Å². The molecule has 0 atom stereocenters. The highest BCUT2D eigenvalue weighted by Crippen LogP contribution is 2.38. The monoisotopic (exact) mass is 412 g/mol. The van der Waals surface area contributed by atoms with Crippen LogP contribution < -0.4 is 14.4 Å². The van der Waals surface area contributed by atoms with Crippen molar-refractivity contribution in [2.24, 2.45) is 5.41 Å². The fourth-order valence-corrected chi connectivity index (χ4v) is 3.81. The quantitative estimate of drug-likeness (QED) is 0.727. The normalized spacial score (nSPS) is 16.1. The Morgan fingerprint density at radius 1 is 1.21 bits per heavy atom. The topological polar surface area (TPSA) is 75.7 Å². The van der Waals surface area contributed by atoms with E-state index in [0.717, 1.165) is 11.0 Å². The number of nitrogens with one attached hydrogen (secondary N) is 1. The fourth-order valence-electron chi connectivity index (χ4n) is 2.95. The van der Waals surface area contributed by atoms with E-state index >= 15 is 0 Å². The van der Waals surface area contributed by atoms with E-state index < -0.39 is 15.4 Å². The predicted molar refractivity (Wildman–Crippen MR) is 116 cm³/mol. The average molecular weight is 413 g/mol. The lowest BCUT2D eigenvalue weighted by Gasteiger charge is -2.27. The summed E-state index contributed by atoms with van der Waals surface area (Å²) in [5, 5.41) is 1.11. The van der Waals surface area contributed by atoms with Gasteiger partial charge in [-0.25, -0.2) is 8.42 Å². The third kappa shape index (κ3) is 4.86. The molecule has 1 heterocycles. The first-order valence-electron chi connectivity index (χ1n) is 9.17. The maximum absolute atomic E-state index is 12.9. The van der Waals surface area contributed by atoms with Crippen LogP contribution in [0.25, 0.3) is 6.08 Å². The van der Waals surface area contributed by atoms with E-state index in [1.807, 2.05) is 44.2 Å². The van der Waals surface area contributed by atoms with E-state index in [2.05, 4.69) is 11.3 Å². The van der Waals surface area contributed by atoms with Gasteiger partial charge >= 0.3 is 0 Å². The van der Waals surface area contributed by atoms with Crippen LogP contribution >= 0.6 is 0 Å². The highest BCUT2D eigenvalue weighted by molar-refractivity contribution is 7.95. The van der Waals surface area contributed by atoms with Gasteiger partial charge in [-0.1, -0.05) is 36.4 Å². The molecule has 0 bridgehead atoms. The summed E-state index contributed by atoms with van der Waals surface area (Å²) < 4.78 is 33.3. The van der Waals surface area contributed by atoms with Gasteiger partial charge in [-0.3, -0.25) is 9.52 Å². The summed E-state index contributed by atoms with van der Waals surface area (Å²) in [5.74, 6) is 0.411. The number of hydrogen-bond donors (Lipinski definition) is 1. The smallest absolute Gasteiger partial charge is 0.255 e. The molecule has 3 rings (SSSR count). The molecule has 0 saturated heterocycles. The fraction of sp³-hybridized carbons (Fsp3) is 0.227. The van der Waals surface area contributed by atoms with Gasteiger partial charge in [0.05, 0.1) is 22.2 Å². The molecular formula is C22H24N2O4S. The lowest BCUT2D eigenvalue weighted by Crippen LogP contribution is -2.42. The summed E-state index contributed by atoms with van der Waals surface area (Å²) in [6, 6.07) is 14.0. The van der Waals surface area contributed by atoms with Gasteiger partial charge in [0, 0.05) is 6.54 Å². The molecule has 1 N–H and O–H groups in total. The summed E-state index contributed by atoms with van der Waals surface area (Å²) >= 11 is 0. The Morgan fingerprint density at radius 3 is 2.62 bits per heavy atom. The highest BCUT2D eigenvalue weighted by Gasteiger charge is 2.37. The van der Waals surface area contributed by atoms with Gasteiger partial charge in [0.15, 0.2) is 0 Å². The minimum absolute atomic E-state index is 0.111. The summed E-state index contributed by atoms with van der Waals surface area (Å²) in [6.07, 6.45) is 3.15. The molecule has 0 aliphatic carbocycles. The van der Waals surface area contributed by atoms with Crippen molar-refractivity contribution >= 4 is 33.4 Å². The lowest BCUT2D eigenvalue weighted by molar-refractivity contribution is -0.127. The minimum atomic E-state index is -3.73. The van der Waals surface area contributed by atoms with Crippen molar-refractivity contribution in [3.05, 3.63) is 72.2 Å². The van der Waals surface area contributed by atoms with Crippen molar-refractivity contribution in [2.75, 3.05) is 22.8 Å². The van der Waals surface area contributed by atoms with Gasteiger partial charge in [0.25, 0.3) is 10.0 Å². The van der Waals surface area contributed by atoms with Crippen molar-refractivity contribution in [3.8, 4) is 5.75 Å². The molecule has 1 amide bonds. The first-order chi connectivity index (χ1) is 13.7. The van der Waals surface area contributed by atoms with E-state index in [0.29, 0.717) is 23.7 Å². The number of carbonyl (C=O) groups excluding carboxylic acids is 1. The summed E-state index contributed by atoms with van der Waals surface area (Å²) in [6.45, 7) is 7.88. The van der Waals surface area contributed by atoms with Crippen LogP contribution in [0, 0.1) is 5.41 Å². The van der Waals surface area contributed by atoms with Crippen LogP contribution in [0.1, 0.15) is 19.4 Å². The number of fused-ring (bicyclic) bond motifs is 1. The van der Waals surface area contributed by atoms with Crippen LogP contribution in [0.2, 0.25) is 0 Å². The van der Waals surface area contributed by atoms with E-state index in [4.69, 9.17) is 4.74 Å². The number of benzene rings is 2. The third-order valence-corrected chi connectivity index (χ3v) is 5.49. The van der Waals surface area contributed by atoms with Gasteiger partial charge in [0.1, 0.15) is 12.4 Å². The van der Waals surface area contributed by atoms with Gasteiger partial charge in [-0.05, 0) is 43.7 Å². The molecule has 0 saturated carbocycles. The Balaban J connectivity index is 1.90. The molecule has 0 aromatic heterocycles. The zero-order valence-corrected chi connectivity index (χ0v) is 17.3. The molecule has 0 unspecified atom stereocenters. The maximum Gasteiger partial charge on any atom is 0.255 e. The molecule has 29 heavy (non-hydrogen) atoms. The molecule has 1 aliphatic rings.